The lowest BCUT2D eigenvalue weighted by atomic mass is 10.3. The number of nitro benzene ring substituents is 2. The Morgan fingerprint density at radius 2 is 1.43 bits per heavy atom. The molecule has 13 heteroatoms. The predicted molar refractivity (Wildman–Crippen MR) is 134 cm³/mol. The highest BCUT2D eigenvalue weighted by Gasteiger charge is 2.33. The van der Waals surface area contributed by atoms with E-state index in [-0.39, 0.29) is 29.3 Å². The zero-order valence-corrected chi connectivity index (χ0v) is 21.8. The maximum absolute atomic E-state index is 10.6. The van der Waals surface area contributed by atoms with Crippen LogP contribution < -0.4 is 4.74 Å². The first-order valence-corrected chi connectivity index (χ1v) is 11.8. The van der Waals surface area contributed by atoms with E-state index in [9.17, 15) is 20.2 Å². The van der Waals surface area contributed by atoms with Gasteiger partial charge in [0.05, 0.1) is 47.2 Å². The van der Waals surface area contributed by atoms with Gasteiger partial charge in [-0.15, -0.1) is 11.6 Å². The van der Waals surface area contributed by atoms with Gasteiger partial charge in [-0.3, -0.25) is 20.2 Å². The Balaban J connectivity index is 0.000000214. The number of alkyl halides is 1. The van der Waals surface area contributed by atoms with E-state index in [0.29, 0.717) is 31.5 Å². The molecule has 0 unspecified atom stereocenters. The average molecular weight is 543 g/mol. The molecule has 0 radical (unpaired) electrons. The number of nitro groups is 2. The van der Waals surface area contributed by atoms with Gasteiger partial charge in [0.25, 0.3) is 11.4 Å². The van der Waals surface area contributed by atoms with Crippen LogP contribution in [0.1, 0.15) is 27.7 Å². The van der Waals surface area contributed by atoms with Crippen molar-refractivity contribution in [3.05, 3.63) is 68.8 Å². The Bertz CT molecular complexity index is 1050. The fourth-order valence-corrected chi connectivity index (χ4v) is 3.32. The number of halogens is 1. The highest BCUT2D eigenvalue weighted by molar-refractivity contribution is 6.18. The number of phenols is 1. The summed E-state index contributed by atoms with van der Waals surface area (Å²) in [6.07, 6.45) is -0.0686. The fraction of sp³-hybridized carbons (Fsp3) is 0.500. The summed E-state index contributed by atoms with van der Waals surface area (Å²) in [5.41, 5.74) is -0.0866. The fourth-order valence-electron chi connectivity index (χ4n) is 3.17. The molecule has 0 aromatic heterocycles. The second-order valence-corrected chi connectivity index (χ2v) is 9.21. The number of ether oxygens (including phenoxy) is 5. The molecule has 4 rings (SSSR count). The molecule has 0 aliphatic carbocycles. The summed E-state index contributed by atoms with van der Waals surface area (Å²) in [5, 5.41) is 29.4. The SMILES string of the molecule is CC1(C)OC[C@@H](CCl)O1.CC1(C)OC[C@@H](COc2cccc([N+](=O)[O-])c2)O1.O=[N+]([O-])c1cccc(O)c1. The van der Waals surface area contributed by atoms with Crippen LogP contribution in [0, 0.1) is 20.2 Å². The van der Waals surface area contributed by atoms with Crippen LogP contribution in [-0.2, 0) is 18.9 Å². The Morgan fingerprint density at radius 3 is 1.84 bits per heavy atom. The van der Waals surface area contributed by atoms with E-state index in [0.717, 1.165) is 6.07 Å². The molecule has 204 valence electrons. The molecule has 12 nitrogen and oxygen atoms in total. The average Bonchev–Trinajstić information content (AvgIpc) is 3.38. The van der Waals surface area contributed by atoms with Crippen LogP contribution in [0.5, 0.6) is 11.5 Å². The molecule has 0 spiro atoms. The van der Waals surface area contributed by atoms with Gasteiger partial charge >= 0.3 is 0 Å². The van der Waals surface area contributed by atoms with E-state index in [1.54, 1.807) is 12.1 Å². The first-order valence-electron chi connectivity index (χ1n) is 11.3. The van der Waals surface area contributed by atoms with Crippen molar-refractivity contribution in [2.24, 2.45) is 0 Å². The quantitative estimate of drug-likeness (QED) is 0.306. The molecular weight excluding hydrogens is 512 g/mol. The van der Waals surface area contributed by atoms with Gasteiger partial charge in [-0.05, 0) is 39.8 Å². The topological polar surface area (TPSA) is 153 Å². The number of hydrogen-bond donors (Lipinski definition) is 1. The Hall–Kier alpha value is -3.03. The molecule has 2 aliphatic rings. The normalized spacial score (nSPS) is 21.1. The van der Waals surface area contributed by atoms with Gasteiger partial charge in [-0.2, -0.15) is 0 Å². The highest BCUT2D eigenvalue weighted by atomic mass is 35.5. The Morgan fingerprint density at radius 1 is 0.919 bits per heavy atom. The molecule has 0 amide bonds. The standard InChI is InChI=1S/C12H15NO5.C6H11ClO2.C6H5NO3/c1-12(2)17-8-11(18-12)7-16-10-5-3-4-9(6-10)13(14)15;1-6(2)8-4-5(3-7)9-6;8-6-3-1-2-5(4-6)7(9)10/h3-6,11H,7-8H2,1-2H3;5H,3-4H2,1-2H3;1-4,8H/t11-;5-;/m11./s1. The smallest absolute Gasteiger partial charge is 0.273 e. The van der Waals surface area contributed by atoms with Gasteiger partial charge in [0.15, 0.2) is 11.6 Å². The van der Waals surface area contributed by atoms with E-state index in [1.807, 2.05) is 27.7 Å². The summed E-state index contributed by atoms with van der Waals surface area (Å²) in [4.78, 5) is 19.6. The molecule has 2 aromatic rings. The van der Waals surface area contributed by atoms with Crippen molar-refractivity contribution in [3.63, 3.8) is 0 Å². The second-order valence-electron chi connectivity index (χ2n) is 8.90. The minimum Gasteiger partial charge on any atom is -0.508 e. The monoisotopic (exact) mass is 542 g/mol. The van der Waals surface area contributed by atoms with E-state index in [2.05, 4.69) is 0 Å². The van der Waals surface area contributed by atoms with Gasteiger partial charge in [-0.25, -0.2) is 0 Å². The highest BCUT2D eigenvalue weighted by Crippen LogP contribution is 2.25. The largest absolute Gasteiger partial charge is 0.508 e. The number of phenolic OH excluding ortho intramolecular Hbond substituents is 1. The van der Waals surface area contributed by atoms with Crippen LogP contribution in [0.3, 0.4) is 0 Å². The summed E-state index contributed by atoms with van der Waals surface area (Å²) < 4.78 is 27.0. The van der Waals surface area contributed by atoms with Gasteiger partial charge in [0, 0.05) is 12.1 Å². The van der Waals surface area contributed by atoms with Crippen LogP contribution >= 0.6 is 11.6 Å². The summed E-state index contributed by atoms with van der Waals surface area (Å²) in [7, 11) is 0. The molecule has 2 aliphatic heterocycles. The number of aromatic hydroxyl groups is 1. The zero-order chi connectivity index (χ0) is 27.6. The van der Waals surface area contributed by atoms with Gasteiger partial charge in [-0.1, -0.05) is 12.1 Å². The lowest BCUT2D eigenvalue weighted by Crippen LogP contribution is -2.25. The molecule has 2 heterocycles. The van der Waals surface area contributed by atoms with Crippen molar-refractivity contribution in [3.8, 4) is 11.5 Å². The van der Waals surface area contributed by atoms with Gasteiger partial charge < -0.3 is 28.8 Å². The molecule has 37 heavy (non-hydrogen) atoms. The van der Waals surface area contributed by atoms with Gasteiger partial charge in [0.2, 0.25) is 0 Å². The van der Waals surface area contributed by atoms with Crippen LogP contribution in [0.15, 0.2) is 48.5 Å². The lowest BCUT2D eigenvalue weighted by molar-refractivity contribution is -0.385. The van der Waals surface area contributed by atoms with Crippen molar-refractivity contribution in [1.29, 1.82) is 0 Å². The first kappa shape index (κ1) is 30.2. The van der Waals surface area contributed by atoms with Crippen LogP contribution in [0.2, 0.25) is 0 Å². The molecule has 2 atom stereocenters. The van der Waals surface area contributed by atoms with Crippen LogP contribution in [-0.4, -0.2) is 64.4 Å². The first-order chi connectivity index (χ1) is 17.3. The van der Waals surface area contributed by atoms with Crippen molar-refractivity contribution in [2.45, 2.75) is 51.5 Å². The Labute approximate surface area is 219 Å². The third kappa shape index (κ3) is 10.9. The minimum absolute atomic E-state index is 0.0106. The molecule has 2 aromatic carbocycles. The number of rotatable bonds is 6. The zero-order valence-electron chi connectivity index (χ0n) is 21.0. The van der Waals surface area contributed by atoms with E-state index < -0.39 is 21.4 Å². The van der Waals surface area contributed by atoms with E-state index in [4.69, 9.17) is 40.4 Å². The number of benzene rings is 2. The van der Waals surface area contributed by atoms with Crippen molar-refractivity contribution >= 4 is 23.0 Å². The number of non-ortho nitro benzene ring substituents is 2. The predicted octanol–water partition coefficient (Wildman–Crippen LogP) is 4.80. The number of nitrogens with zero attached hydrogens (tertiary/aromatic N) is 2. The summed E-state index contributed by atoms with van der Waals surface area (Å²) >= 11 is 5.53. The maximum Gasteiger partial charge on any atom is 0.273 e. The van der Waals surface area contributed by atoms with Crippen molar-refractivity contribution < 1.29 is 38.6 Å². The molecular formula is C24H31ClN2O10. The number of hydrogen-bond acceptors (Lipinski definition) is 10. The Kier molecular flexibility index (Phi) is 11.0. The van der Waals surface area contributed by atoms with Crippen LogP contribution in [0.25, 0.3) is 0 Å². The molecule has 1 N–H and O–H groups in total. The van der Waals surface area contributed by atoms with Gasteiger partial charge in [0.1, 0.15) is 24.2 Å². The van der Waals surface area contributed by atoms with E-state index in [1.165, 1.54) is 30.3 Å². The molecule has 2 saturated heterocycles. The summed E-state index contributed by atoms with van der Waals surface area (Å²) in [6.45, 7) is 8.84. The van der Waals surface area contributed by atoms with Crippen LogP contribution in [0.4, 0.5) is 11.4 Å². The van der Waals surface area contributed by atoms with Crippen molar-refractivity contribution in [2.75, 3.05) is 25.7 Å². The minimum atomic E-state index is -0.587. The molecule has 2 fully saturated rings. The lowest BCUT2D eigenvalue weighted by Gasteiger charge is -2.17. The third-order valence-electron chi connectivity index (χ3n) is 4.81. The van der Waals surface area contributed by atoms with Crippen molar-refractivity contribution in [1.82, 2.24) is 0 Å². The summed E-state index contributed by atoms with van der Waals surface area (Å²) in [5.74, 6) is -0.119. The molecule has 0 bridgehead atoms. The maximum atomic E-state index is 10.6. The van der Waals surface area contributed by atoms with E-state index >= 15 is 0 Å². The second kappa shape index (κ2) is 13.5. The third-order valence-corrected chi connectivity index (χ3v) is 5.16. The summed E-state index contributed by atoms with van der Waals surface area (Å²) in [6, 6.07) is 11.3. The molecule has 0 saturated carbocycles.